The van der Waals surface area contributed by atoms with Gasteiger partial charge in [-0.3, -0.25) is 4.79 Å². The van der Waals surface area contributed by atoms with Gasteiger partial charge >= 0.3 is 12.1 Å². The molecule has 0 aromatic heterocycles. The molecule has 0 radical (unpaired) electrons. The van der Waals surface area contributed by atoms with Gasteiger partial charge in [0.1, 0.15) is 0 Å². The highest BCUT2D eigenvalue weighted by molar-refractivity contribution is 9.15. The number of carboxylic acid groups (broad SMARTS) is 1. The first-order valence-electron chi connectivity index (χ1n) is 6.63. The third kappa shape index (κ3) is 4.69. The topological polar surface area (TPSA) is 66.4 Å². The van der Waals surface area contributed by atoms with Crippen molar-refractivity contribution in [3.8, 4) is 0 Å². The van der Waals surface area contributed by atoms with Gasteiger partial charge in [0, 0.05) is 22.9 Å². The second kappa shape index (κ2) is 8.40. The first kappa shape index (κ1) is 22.7. The number of carboxylic acids is 1. The van der Waals surface area contributed by atoms with Crippen LogP contribution in [0, 0.1) is 0 Å². The molecule has 2 aromatic rings. The predicted molar refractivity (Wildman–Crippen MR) is 109 cm³/mol. The van der Waals surface area contributed by atoms with E-state index in [0.29, 0.717) is 15.0 Å². The molecule has 2 aromatic carbocycles. The molecule has 0 aliphatic rings. The summed E-state index contributed by atoms with van der Waals surface area (Å²) in [5.41, 5.74) is -2.52. The molecule has 0 aliphatic heterocycles. The van der Waals surface area contributed by atoms with Gasteiger partial charge < -0.3 is 10.4 Å². The number of hydrogen-bond donors (Lipinski definition) is 2. The molecule has 12 heteroatoms. The number of alkyl halides is 3. The molecule has 0 aliphatic carbocycles. The van der Waals surface area contributed by atoms with E-state index in [9.17, 15) is 27.9 Å². The number of carbonyl (C=O) groups excluding carboxylic acids is 1. The summed E-state index contributed by atoms with van der Waals surface area (Å²) < 4.78 is 40.4. The molecule has 0 bridgehead atoms. The molecule has 0 unspecified atom stereocenters. The smallest absolute Gasteiger partial charge is 0.418 e. The van der Waals surface area contributed by atoms with E-state index < -0.39 is 34.9 Å². The first-order chi connectivity index (χ1) is 12.4. The quantitative estimate of drug-likeness (QED) is 0.268. The average Bonchev–Trinajstić information content (AvgIpc) is 2.56. The van der Waals surface area contributed by atoms with E-state index in [1.807, 2.05) is 0 Å². The number of benzene rings is 2. The van der Waals surface area contributed by atoms with Crippen LogP contribution in [-0.4, -0.2) is 17.0 Å². The third-order valence-corrected chi connectivity index (χ3v) is 8.25. The van der Waals surface area contributed by atoms with Gasteiger partial charge in [-0.15, -0.1) is 0 Å². The number of aromatic carboxylic acids is 1. The fourth-order valence-corrected chi connectivity index (χ4v) is 4.73. The molecule has 0 fully saturated rings. The normalized spacial score (nSPS) is 11.4. The van der Waals surface area contributed by atoms with Crippen LogP contribution >= 0.6 is 75.3 Å². The molecular formula is C15H5Br4ClF3NO3. The van der Waals surface area contributed by atoms with Crippen LogP contribution in [0.25, 0.3) is 0 Å². The zero-order valence-electron chi connectivity index (χ0n) is 12.5. The fourth-order valence-electron chi connectivity index (χ4n) is 2.09. The van der Waals surface area contributed by atoms with Crippen LogP contribution in [0.15, 0.2) is 36.1 Å². The van der Waals surface area contributed by atoms with Crippen LogP contribution in [0.2, 0.25) is 5.02 Å². The lowest BCUT2D eigenvalue weighted by molar-refractivity contribution is -0.136. The summed E-state index contributed by atoms with van der Waals surface area (Å²) in [7, 11) is 0. The number of anilines is 1. The molecule has 0 saturated carbocycles. The molecule has 2 N–H and O–H groups in total. The third-order valence-electron chi connectivity index (χ3n) is 3.24. The molecule has 1 amide bonds. The van der Waals surface area contributed by atoms with Gasteiger partial charge in [0.25, 0.3) is 5.91 Å². The van der Waals surface area contributed by atoms with E-state index in [2.05, 4.69) is 69.0 Å². The molecule has 0 spiro atoms. The Kier molecular flexibility index (Phi) is 7.05. The number of halogens is 8. The first-order valence-corrected chi connectivity index (χ1v) is 10.2. The second-order valence-electron chi connectivity index (χ2n) is 4.95. The summed E-state index contributed by atoms with van der Waals surface area (Å²) in [5.74, 6) is -2.51. The van der Waals surface area contributed by atoms with Crippen molar-refractivity contribution in [2.75, 3.05) is 5.32 Å². The van der Waals surface area contributed by atoms with Crippen LogP contribution in [0.1, 0.15) is 26.3 Å². The molecule has 4 nitrogen and oxygen atoms in total. The van der Waals surface area contributed by atoms with Crippen molar-refractivity contribution < 1.29 is 27.9 Å². The van der Waals surface area contributed by atoms with E-state index in [1.54, 1.807) is 0 Å². The highest BCUT2D eigenvalue weighted by Gasteiger charge is 2.35. The monoisotopic (exact) mass is 655 g/mol. The lowest BCUT2D eigenvalue weighted by Gasteiger charge is -2.17. The van der Waals surface area contributed by atoms with Crippen LogP contribution in [0.3, 0.4) is 0 Å². The number of carbonyl (C=O) groups is 2. The maximum absolute atomic E-state index is 13.2. The standard InChI is InChI=1S/C15H5Br4ClF3NO3/c16-9-7(8(14(26)27)10(17)12(19)11(9)18)13(25)24-6-2-1-4(20)3-5(6)15(21,22)23/h1-3H,(H,24,25)(H,26,27). The van der Waals surface area contributed by atoms with Gasteiger partial charge in [0.05, 0.1) is 22.4 Å². The summed E-state index contributed by atoms with van der Waals surface area (Å²) in [6.07, 6.45) is -4.78. The maximum Gasteiger partial charge on any atom is 0.418 e. The van der Waals surface area contributed by atoms with E-state index in [0.717, 1.165) is 6.07 Å². The van der Waals surface area contributed by atoms with E-state index in [1.165, 1.54) is 6.07 Å². The Balaban J connectivity index is 2.64. The molecule has 27 heavy (non-hydrogen) atoms. The van der Waals surface area contributed by atoms with Crippen LogP contribution in [-0.2, 0) is 6.18 Å². The Morgan fingerprint density at radius 2 is 1.48 bits per heavy atom. The van der Waals surface area contributed by atoms with Crippen molar-refractivity contribution >= 4 is 92.9 Å². The van der Waals surface area contributed by atoms with Crippen molar-refractivity contribution in [2.45, 2.75) is 6.18 Å². The Labute approximate surface area is 189 Å². The van der Waals surface area contributed by atoms with Gasteiger partial charge in [0.15, 0.2) is 0 Å². The minimum Gasteiger partial charge on any atom is -0.478 e. The maximum atomic E-state index is 13.2. The fraction of sp³-hybridized carbons (Fsp3) is 0.0667. The largest absolute Gasteiger partial charge is 0.478 e. The highest BCUT2D eigenvalue weighted by atomic mass is 79.9. The lowest BCUT2D eigenvalue weighted by Crippen LogP contribution is -2.20. The number of nitrogens with one attached hydrogen (secondary N) is 1. The van der Waals surface area contributed by atoms with Gasteiger partial charge in [-0.1, -0.05) is 11.6 Å². The van der Waals surface area contributed by atoms with Gasteiger partial charge in [-0.25, -0.2) is 4.79 Å². The summed E-state index contributed by atoms with van der Waals surface area (Å²) in [6.45, 7) is 0. The number of hydrogen-bond acceptors (Lipinski definition) is 2. The second-order valence-corrected chi connectivity index (χ2v) is 8.56. The molecule has 0 heterocycles. The highest BCUT2D eigenvalue weighted by Crippen LogP contribution is 2.43. The predicted octanol–water partition coefficient (Wildman–Crippen LogP) is 7.36. The molecule has 0 atom stereocenters. The van der Waals surface area contributed by atoms with E-state index in [-0.39, 0.29) is 19.5 Å². The van der Waals surface area contributed by atoms with Gasteiger partial charge in [-0.2, -0.15) is 13.2 Å². The SMILES string of the molecule is O=C(O)c1c(Br)c(Br)c(Br)c(Br)c1C(=O)Nc1ccc(Cl)cc1C(F)(F)F. The van der Waals surface area contributed by atoms with Gasteiger partial charge in [0.2, 0.25) is 0 Å². The molecular weight excluding hydrogens is 654 g/mol. The summed E-state index contributed by atoms with van der Waals surface area (Å²) in [5, 5.41) is 11.4. The minimum absolute atomic E-state index is 0.0439. The molecule has 0 saturated heterocycles. The van der Waals surface area contributed by atoms with Crippen LogP contribution in [0.5, 0.6) is 0 Å². The Hall–Kier alpha value is -0.620. The lowest BCUT2D eigenvalue weighted by atomic mass is 10.1. The van der Waals surface area contributed by atoms with Crippen molar-refractivity contribution in [1.29, 1.82) is 0 Å². The number of amides is 1. The zero-order chi connectivity index (χ0) is 20.7. The van der Waals surface area contributed by atoms with Crippen molar-refractivity contribution in [3.05, 3.63) is 57.8 Å². The summed E-state index contributed by atoms with van der Waals surface area (Å²) in [4.78, 5) is 24.3. The van der Waals surface area contributed by atoms with Crippen molar-refractivity contribution in [3.63, 3.8) is 0 Å². The minimum atomic E-state index is -4.78. The molecule has 2 rings (SSSR count). The molecule has 144 valence electrons. The van der Waals surface area contributed by atoms with Crippen LogP contribution < -0.4 is 5.32 Å². The Morgan fingerprint density at radius 3 is 1.96 bits per heavy atom. The average molecular weight is 659 g/mol. The van der Waals surface area contributed by atoms with E-state index in [4.69, 9.17) is 11.6 Å². The van der Waals surface area contributed by atoms with Crippen molar-refractivity contribution in [2.24, 2.45) is 0 Å². The Morgan fingerprint density at radius 1 is 0.963 bits per heavy atom. The van der Waals surface area contributed by atoms with Crippen LogP contribution in [0.4, 0.5) is 18.9 Å². The summed E-state index contributed by atoms with van der Waals surface area (Å²) in [6, 6.07) is 2.82. The van der Waals surface area contributed by atoms with Gasteiger partial charge in [-0.05, 0) is 81.9 Å². The van der Waals surface area contributed by atoms with Crippen molar-refractivity contribution in [1.82, 2.24) is 0 Å². The van der Waals surface area contributed by atoms with E-state index >= 15 is 0 Å². The number of rotatable bonds is 3. The summed E-state index contributed by atoms with van der Waals surface area (Å²) >= 11 is 18.1. The zero-order valence-corrected chi connectivity index (χ0v) is 19.6. The Bertz CT molecular complexity index is 967.